The molecule has 3 heteroatoms. The minimum atomic E-state index is 0.198. The van der Waals surface area contributed by atoms with E-state index in [0.29, 0.717) is 5.91 Å². The number of carbonyl (C=O) groups is 1. The Morgan fingerprint density at radius 2 is 1.68 bits per heavy atom. The maximum Gasteiger partial charge on any atom is 0.224 e. The number of hydrogen-bond acceptors (Lipinski definition) is 2. The summed E-state index contributed by atoms with van der Waals surface area (Å²) in [6, 6.07) is 0. The average molecular weight is 262 g/mol. The van der Waals surface area contributed by atoms with Crippen LogP contribution in [0.3, 0.4) is 0 Å². The van der Waals surface area contributed by atoms with Crippen LogP contribution in [0.5, 0.6) is 0 Å². The Morgan fingerprint density at radius 3 is 2.21 bits per heavy atom. The molecule has 1 amide bonds. The van der Waals surface area contributed by atoms with E-state index in [0.717, 1.165) is 43.7 Å². The van der Waals surface area contributed by atoms with Crippen LogP contribution in [0.15, 0.2) is 0 Å². The molecular formula is C16H26N2O. The fraction of sp³-hybridized carbons (Fsp3) is 0.938. The van der Waals surface area contributed by atoms with E-state index in [-0.39, 0.29) is 11.5 Å². The number of piperidine rings is 1. The molecule has 2 N–H and O–H groups in total. The predicted molar refractivity (Wildman–Crippen MR) is 74.6 cm³/mol. The number of carbonyl (C=O) groups excluding carboxylic acids is 1. The molecule has 0 aromatic carbocycles. The molecule has 1 heterocycles. The summed E-state index contributed by atoms with van der Waals surface area (Å²) < 4.78 is 0. The normalized spacial score (nSPS) is 48.2. The first-order valence-electron chi connectivity index (χ1n) is 8.25. The van der Waals surface area contributed by atoms with Crippen LogP contribution in [0.25, 0.3) is 0 Å². The fourth-order valence-corrected chi connectivity index (χ4v) is 5.70. The zero-order chi connectivity index (χ0) is 12.9. The van der Waals surface area contributed by atoms with Gasteiger partial charge in [0.1, 0.15) is 0 Å². The summed E-state index contributed by atoms with van der Waals surface area (Å²) >= 11 is 0. The van der Waals surface area contributed by atoms with Crippen LogP contribution in [0.1, 0.15) is 51.4 Å². The van der Waals surface area contributed by atoms with E-state index in [1.807, 2.05) is 0 Å². The standard InChI is InChI=1S/C16H26N2O/c19-15(14-2-1-3-17-10-14)18-16-7-11-4-12(8-16)6-13(5-11)9-16/h11-14,17H,1-10H2,(H,18,19). The lowest BCUT2D eigenvalue weighted by molar-refractivity contribution is -0.131. The van der Waals surface area contributed by atoms with Gasteiger partial charge in [-0.05, 0) is 75.7 Å². The van der Waals surface area contributed by atoms with E-state index >= 15 is 0 Å². The summed E-state index contributed by atoms with van der Waals surface area (Å²) in [4.78, 5) is 12.5. The van der Waals surface area contributed by atoms with Crippen molar-refractivity contribution in [2.45, 2.75) is 56.9 Å². The van der Waals surface area contributed by atoms with E-state index in [1.165, 1.54) is 38.5 Å². The van der Waals surface area contributed by atoms with E-state index in [4.69, 9.17) is 0 Å². The highest BCUT2D eigenvalue weighted by Crippen LogP contribution is 2.55. The number of amides is 1. The third-order valence-corrected chi connectivity index (χ3v) is 6.09. The van der Waals surface area contributed by atoms with Gasteiger partial charge in [-0.2, -0.15) is 0 Å². The van der Waals surface area contributed by atoms with Gasteiger partial charge in [0, 0.05) is 12.1 Å². The monoisotopic (exact) mass is 262 g/mol. The van der Waals surface area contributed by atoms with Crippen molar-refractivity contribution in [3.8, 4) is 0 Å². The van der Waals surface area contributed by atoms with Gasteiger partial charge < -0.3 is 10.6 Å². The van der Waals surface area contributed by atoms with Crippen molar-refractivity contribution >= 4 is 5.91 Å². The maximum atomic E-state index is 12.5. The largest absolute Gasteiger partial charge is 0.350 e. The average Bonchev–Trinajstić information content (AvgIpc) is 2.37. The Morgan fingerprint density at radius 1 is 1.05 bits per heavy atom. The van der Waals surface area contributed by atoms with Gasteiger partial charge in [0.25, 0.3) is 0 Å². The van der Waals surface area contributed by atoms with Gasteiger partial charge in [-0.3, -0.25) is 4.79 Å². The minimum absolute atomic E-state index is 0.198. The smallest absolute Gasteiger partial charge is 0.224 e. The lowest BCUT2D eigenvalue weighted by Crippen LogP contribution is -2.61. The van der Waals surface area contributed by atoms with Gasteiger partial charge in [-0.15, -0.1) is 0 Å². The molecule has 5 aliphatic rings. The third-order valence-electron chi connectivity index (χ3n) is 6.09. The Labute approximate surface area is 115 Å². The van der Waals surface area contributed by atoms with Gasteiger partial charge in [0.15, 0.2) is 0 Å². The molecule has 0 aromatic heterocycles. The molecule has 19 heavy (non-hydrogen) atoms. The molecule has 5 fully saturated rings. The van der Waals surface area contributed by atoms with Crippen molar-refractivity contribution in [2.75, 3.05) is 13.1 Å². The number of hydrogen-bond donors (Lipinski definition) is 2. The molecule has 4 aliphatic carbocycles. The molecule has 4 saturated carbocycles. The van der Waals surface area contributed by atoms with Gasteiger partial charge in [-0.1, -0.05) is 0 Å². The van der Waals surface area contributed by atoms with Crippen LogP contribution >= 0.6 is 0 Å². The van der Waals surface area contributed by atoms with E-state index < -0.39 is 0 Å². The molecule has 0 radical (unpaired) electrons. The first kappa shape index (κ1) is 12.2. The van der Waals surface area contributed by atoms with E-state index in [9.17, 15) is 4.79 Å². The molecule has 0 aromatic rings. The summed E-state index contributed by atoms with van der Waals surface area (Å²) in [5.74, 6) is 3.30. The third kappa shape index (κ3) is 2.20. The lowest BCUT2D eigenvalue weighted by Gasteiger charge is -2.57. The van der Waals surface area contributed by atoms with Crippen LogP contribution in [0.2, 0.25) is 0 Å². The molecule has 1 unspecified atom stereocenters. The Balaban J connectivity index is 1.45. The molecule has 4 bridgehead atoms. The summed E-state index contributed by atoms with van der Waals surface area (Å²) in [6.07, 6.45) is 10.4. The van der Waals surface area contributed by atoms with Gasteiger partial charge in [-0.25, -0.2) is 0 Å². The Kier molecular flexibility index (Phi) is 2.87. The van der Waals surface area contributed by atoms with Crippen molar-refractivity contribution in [2.24, 2.45) is 23.7 Å². The molecule has 5 rings (SSSR count). The summed E-state index contributed by atoms with van der Waals surface area (Å²) in [7, 11) is 0. The molecule has 1 aliphatic heterocycles. The highest BCUT2D eigenvalue weighted by Gasteiger charge is 2.51. The van der Waals surface area contributed by atoms with Crippen LogP contribution in [-0.2, 0) is 4.79 Å². The summed E-state index contributed by atoms with van der Waals surface area (Å²) in [5.41, 5.74) is 0.198. The highest BCUT2D eigenvalue weighted by atomic mass is 16.2. The Bertz CT molecular complexity index is 338. The van der Waals surface area contributed by atoms with Crippen molar-refractivity contribution in [3.63, 3.8) is 0 Å². The topological polar surface area (TPSA) is 41.1 Å². The van der Waals surface area contributed by atoms with Crippen molar-refractivity contribution in [1.29, 1.82) is 0 Å². The predicted octanol–water partition coefficient (Wildman–Crippen LogP) is 2.07. The van der Waals surface area contributed by atoms with Gasteiger partial charge in [0.05, 0.1) is 5.92 Å². The highest BCUT2D eigenvalue weighted by molar-refractivity contribution is 5.79. The molecule has 0 spiro atoms. The van der Waals surface area contributed by atoms with Gasteiger partial charge >= 0.3 is 0 Å². The second-order valence-electron chi connectivity index (χ2n) is 7.73. The quantitative estimate of drug-likeness (QED) is 0.800. The zero-order valence-corrected chi connectivity index (χ0v) is 11.8. The molecule has 106 valence electrons. The maximum absolute atomic E-state index is 12.5. The van der Waals surface area contributed by atoms with Gasteiger partial charge in [0.2, 0.25) is 5.91 Å². The molecule has 1 saturated heterocycles. The fourth-order valence-electron chi connectivity index (χ4n) is 5.70. The van der Waals surface area contributed by atoms with Crippen molar-refractivity contribution < 1.29 is 4.79 Å². The zero-order valence-electron chi connectivity index (χ0n) is 11.8. The molecule has 3 nitrogen and oxygen atoms in total. The number of nitrogens with one attached hydrogen (secondary N) is 2. The first-order chi connectivity index (χ1) is 9.22. The second kappa shape index (κ2) is 4.47. The van der Waals surface area contributed by atoms with Crippen molar-refractivity contribution in [3.05, 3.63) is 0 Å². The summed E-state index contributed by atoms with van der Waals surface area (Å²) in [5, 5.41) is 6.88. The molecule has 1 atom stereocenters. The van der Waals surface area contributed by atoms with Crippen LogP contribution in [0, 0.1) is 23.7 Å². The van der Waals surface area contributed by atoms with E-state index in [1.54, 1.807) is 0 Å². The molecular weight excluding hydrogens is 236 g/mol. The summed E-state index contributed by atoms with van der Waals surface area (Å²) in [6.45, 7) is 1.97. The van der Waals surface area contributed by atoms with Crippen LogP contribution < -0.4 is 10.6 Å². The SMILES string of the molecule is O=C(NC12CC3CC(CC(C3)C1)C2)C1CCCNC1. The van der Waals surface area contributed by atoms with Crippen LogP contribution in [-0.4, -0.2) is 24.5 Å². The van der Waals surface area contributed by atoms with Crippen LogP contribution in [0.4, 0.5) is 0 Å². The second-order valence-corrected chi connectivity index (χ2v) is 7.73. The Hall–Kier alpha value is -0.570. The van der Waals surface area contributed by atoms with Crippen molar-refractivity contribution in [1.82, 2.24) is 10.6 Å². The lowest BCUT2D eigenvalue weighted by atomic mass is 9.53. The van der Waals surface area contributed by atoms with E-state index in [2.05, 4.69) is 10.6 Å². The first-order valence-corrected chi connectivity index (χ1v) is 8.25. The minimum Gasteiger partial charge on any atom is -0.350 e. The number of rotatable bonds is 2.